The highest BCUT2D eigenvalue weighted by atomic mass is 35.5. The number of nitrogens with one attached hydrogen (secondary N) is 1. The number of amides is 1. The van der Waals surface area contributed by atoms with Gasteiger partial charge in [-0.25, -0.2) is 0 Å². The molecule has 0 spiro atoms. The highest BCUT2D eigenvalue weighted by molar-refractivity contribution is 7.13. The SMILES string of the molecule is Cc1csc(C(=O)NCC(C)(C)CCO)c1Cl. The van der Waals surface area contributed by atoms with Crippen LogP contribution in [0.4, 0.5) is 0 Å². The molecule has 0 saturated carbocycles. The Morgan fingerprint density at radius 2 is 2.24 bits per heavy atom. The summed E-state index contributed by atoms with van der Waals surface area (Å²) in [5.74, 6) is -0.140. The van der Waals surface area contributed by atoms with Gasteiger partial charge in [-0.15, -0.1) is 11.3 Å². The topological polar surface area (TPSA) is 49.3 Å². The van der Waals surface area contributed by atoms with Gasteiger partial charge in [0.05, 0.1) is 5.02 Å². The molecule has 0 unspecified atom stereocenters. The van der Waals surface area contributed by atoms with Gasteiger partial charge in [0.2, 0.25) is 0 Å². The molecule has 3 nitrogen and oxygen atoms in total. The first-order valence-corrected chi connectivity index (χ1v) is 6.76. The Hall–Kier alpha value is -0.580. The zero-order valence-electron chi connectivity index (χ0n) is 10.3. The van der Waals surface area contributed by atoms with Crippen molar-refractivity contribution in [3.05, 3.63) is 20.8 Å². The van der Waals surface area contributed by atoms with Gasteiger partial charge in [0.15, 0.2) is 0 Å². The number of carbonyl (C=O) groups is 1. The second-order valence-corrected chi connectivity index (χ2v) is 6.14. The number of hydrogen-bond donors (Lipinski definition) is 2. The van der Waals surface area contributed by atoms with Crippen molar-refractivity contribution in [3.8, 4) is 0 Å². The standard InChI is InChI=1S/C12H18ClNO2S/c1-8-6-17-10(9(8)13)11(16)14-7-12(2,3)4-5-15/h6,15H,4-5,7H2,1-3H3,(H,14,16). The number of aryl methyl sites for hydroxylation is 1. The van der Waals surface area contributed by atoms with Crippen LogP contribution in [0.2, 0.25) is 5.02 Å². The first-order chi connectivity index (χ1) is 7.87. The van der Waals surface area contributed by atoms with Crippen molar-refractivity contribution in [1.82, 2.24) is 5.32 Å². The number of thiophene rings is 1. The second kappa shape index (κ2) is 5.85. The highest BCUT2D eigenvalue weighted by Crippen LogP contribution is 2.27. The van der Waals surface area contributed by atoms with Gasteiger partial charge in [0.1, 0.15) is 4.88 Å². The fraction of sp³-hybridized carbons (Fsp3) is 0.583. The van der Waals surface area contributed by atoms with Crippen LogP contribution in [0.1, 0.15) is 35.5 Å². The van der Waals surface area contributed by atoms with Crippen molar-refractivity contribution in [2.45, 2.75) is 27.2 Å². The Bertz CT molecular complexity index is 401. The average Bonchev–Trinajstić information content (AvgIpc) is 2.57. The van der Waals surface area contributed by atoms with E-state index in [0.29, 0.717) is 22.9 Å². The minimum atomic E-state index is -0.140. The molecule has 0 radical (unpaired) electrons. The molecule has 0 aliphatic rings. The van der Waals surface area contributed by atoms with E-state index in [9.17, 15) is 4.79 Å². The number of rotatable bonds is 5. The quantitative estimate of drug-likeness (QED) is 0.868. The zero-order valence-corrected chi connectivity index (χ0v) is 11.9. The number of carbonyl (C=O) groups excluding carboxylic acids is 1. The van der Waals surface area contributed by atoms with E-state index >= 15 is 0 Å². The number of halogens is 1. The molecular formula is C12H18ClNO2S. The zero-order chi connectivity index (χ0) is 13.1. The molecule has 17 heavy (non-hydrogen) atoms. The largest absolute Gasteiger partial charge is 0.396 e. The van der Waals surface area contributed by atoms with E-state index in [1.807, 2.05) is 26.2 Å². The third-order valence-corrected chi connectivity index (χ3v) is 4.32. The molecule has 1 aromatic heterocycles. The van der Waals surface area contributed by atoms with Crippen LogP contribution in [0.15, 0.2) is 5.38 Å². The fourth-order valence-corrected chi connectivity index (χ4v) is 2.57. The summed E-state index contributed by atoms with van der Waals surface area (Å²) in [5.41, 5.74) is 0.819. The van der Waals surface area contributed by atoms with Crippen LogP contribution < -0.4 is 5.32 Å². The Morgan fingerprint density at radius 3 is 2.71 bits per heavy atom. The minimum absolute atomic E-state index is 0.108. The van der Waals surface area contributed by atoms with Crippen molar-refractivity contribution in [2.24, 2.45) is 5.41 Å². The lowest BCUT2D eigenvalue weighted by molar-refractivity contribution is 0.0932. The molecular weight excluding hydrogens is 258 g/mol. The molecule has 1 amide bonds. The average molecular weight is 276 g/mol. The van der Waals surface area contributed by atoms with Crippen LogP contribution in [-0.2, 0) is 0 Å². The maximum atomic E-state index is 11.9. The van der Waals surface area contributed by atoms with Gasteiger partial charge < -0.3 is 10.4 Å². The first-order valence-electron chi connectivity index (χ1n) is 5.50. The Kier molecular flexibility index (Phi) is 4.98. The summed E-state index contributed by atoms with van der Waals surface area (Å²) in [6, 6.07) is 0. The van der Waals surface area contributed by atoms with Gasteiger partial charge in [-0.3, -0.25) is 4.79 Å². The predicted octanol–water partition coefficient (Wildman–Crippen LogP) is 2.85. The van der Waals surface area contributed by atoms with Crippen LogP contribution in [0.3, 0.4) is 0 Å². The van der Waals surface area contributed by atoms with Gasteiger partial charge in [-0.2, -0.15) is 0 Å². The lowest BCUT2D eigenvalue weighted by Crippen LogP contribution is -2.34. The van der Waals surface area contributed by atoms with Crippen LogP contribution in [0.25, 0.3) is 0 Å². The molecule has 1 rings (SSSR count). The summed E-state index contributed by atoms with van der Waals surface area (Å²) >= 11 is 7.38. The maximum absolute atomic E-state index is 11.9. The van der Waals surface area contributed by atoms with E-state index in [-0.39, 0.29) is 17.9 Å². The maximum Gasteiger partial charge on any atom is 0.262 e. The molecule has 0 atom stereocenters. The summed E-state index contributed by atoms with van der Waals surface area (Å²) in [7, 11) is 0. The molecule has 0 aromatic carbocycles. The molecule has 1 heterocycles. The van der Waals surface area contributed by atoms with E-state index in [4.69, 9.17) is 16.7 Å². The lowest BCUT2D eigenvalue weighted by atomic mass is 9.90. The molecule has 5 heteroatoms. The molecule has 96 valence electrons. The van der Waals surface area contributed by atoms with Crippen LogP contribution in [0, 0.1) is 12.3 Å². The van der Waals surface area contributed by atoms with E-state index in [0.717, 1.165) is 5.56 Å². The fourth-order valence-electron chi connectivity index (χ4n) is 1.37. The van der Waals surface area contributed by atoms with Crippen LogP contribution in [0.5, 0.6) is 0 Å². The summed E-state index contributed by atoms with van der Waals surface area (Å²) in [5, 5.41) is 14.2. The van der Waals surface area contributed by atoms with Gasteiger partial charge in [-0.05, 0) is 29.7 Å². The molecule has 0 fully saturated rings. The van der Waals surface area contributed by atoms with E-state index in [2.05, 4.69) is 5.32 Å². The second-order valence-electron chi connectivity index (χ2n) is 4.88. The van der Waals surface area contributed by atoms with Crippen LogP contribution >= 0.6 is 22.9 Å². The van der Waals surface area contributed by atoms with Crippen molar-refractivity contribution < 1.29 is 9.90 Å². The van der Waals surface area contributed by atoms with Gasteiger partial charge in [0, 0.05) is 13.2 Å². The van der Waals surface area contributed by atoms with Crippen molar-refractivity contribution in [2.75, 3.05) is 13.2 Å². The molecule has 2 N–H and O–H groups in total. The number of aliphatic hydroxyl groups is 1. The minimum Gasteiger partial charge on any atom is -0.396 e. The molecule has 0 aliphatic heterocycles. The van der Waals surface area contributed by atoms with Crippen LogP contribution in [-0.4, -0.2) is 24.2 Å². The highest BCUT2D eigenvalue weighted by Gasteiger charge is 2.20. The van der Waals surface area contributed by atoms with Gasteiger partial charge in [-0.1, -0.05) is 25.4 Å². The van der Waals surface area contributed by atoms with Crippen molar-refractivity contribution in [3.63, 3.8) is 0 Å². The Balaban J connectivity index is 2.59. The molecule has 0 saturated heterocycles. The van der Waals surface area contributed by atoms with Gasteiger partial charge in [0.25, 0.3) is 5.91 Å². The van der Waals surface area contributed by atoms with Gasteiger partial charge >= 0.3 is 0 Å². The molecule has 0 aliphatic carbocycles. The third kappa shape index (κ3) is 3.98. The van der Waals surface area contributed by atoms with E-state index < -0.39 is 0 Å². The van der Waals surface area contributed by atoms with E-state index in [1.54, 1.807) is 0 Å². The molecule has 1 aromatic rings. The summed E-state index contributed by atoms with van der Waals surface area (Å²) < 4.78 is 0. The Morgan fingerprint density at radius 1 is 1.59 bits per heavy atom. The Labute approximate surface area is 111 Å². The summed E-state index contributed by atoms with van der Waals surface area (Å²) in [6.07, 6.45) is 0.657. The predicted molar refractivity (Wildman–Crippen MR) is 71.9 cm³/mol. The summed E-state index contributed by atoms with van der Waals surface area (Å²) in [6.45, 7) is 6.54. The monoisotopic (exact) mass is 275 g/mol. The summed E-state index contributed by atoms with van der Waals surface area (Å²) in [4.78, 5) is 12.4. The smallest absolute Gasteiger partial charge is 0.262 e. The number of aliphatic hydroxyl groups excluding tert-OH is 1. The number of hydrogen-bond acceptors (Lipinski definition) is 3. The lowest BCUT2D eigenvalue weighted by Gasteiger charge is -2.23. The first kappa shape index (κ1) is 14.5. The van der Waals surface area contributed by atoms with Crippen molar-refractivity contribution in [1.29, 1.82) is 0 Å². The normalized spacial score (nSPS) is 11.6. The van der Waals surface area contributed by atoms with Crippen molar-refractivity contribution >= 4 is 28.8 Å². The third-order valence-electron chi connectivity index (χ3n) is 2.62. The van der Waals surface area contributed by atoms with E-state index in [1.165, 1.54) is 11.3 Å². The molecule has 0 bridgehead atoms.